The average Bonchev–Trinajstić information content (AvgIpc) is 3.49. The zero-order valence-corrected chi connectivity index (χ0v) is 30.7. The van der Waals surface area contributed by atoms with Crippen molar-refractivity contribution in [3.63, 3.8) is 0 Å². The summed E-state index contributed by atoms with van der Waals surface area (Å²) in [6.07, 6.45) is 2.42. The van der Waals surface area contributed by atoms with E-state index in [4.69, 9.17) is 17.0 Å². The van der Waals surface area contributed by atoms with Gasteiger partial charge in [0.15, 0.2) is 0 Å². The molecule has 4 heteroatoms. The Balaban J connectivity index is 1.53. The first-order chi connectivity index (χ1) is 19.5. The molecule has 6 rings (SSSR count). The van der Waals surface area contributed by atoms with E-state index < -0.39 is 27.4 Å². The summed E-state index contributed by atoms with van der Waals surface area (Å²) in [6.45, 7) is 16.1. The van der Waals surface area contributed by atoms with Gasteiger partial charge in [-0.15, -0.1) is 0 Å². The quantitative estimate of drug-likeness (QED) is 0.158. The van der Waals surface area contributed by atoms with Crippen LogP contribution in [-0.4, -0.2) is 9.52 Å². The molecule has 0 spiro atoms. The average molecular weight is 675 g/mol. The molecule has 0 fully saturated rings. The van der Waals surface area contributed by atoms with Crippen LogP contribution in [0.25, 0.3) is 28.3 Å². The van der Waals surface area contributed by atoms with Crippen LogP contribution in [0.4, 0.5) is 0 Å². The second-order valence-corrected chi connectivity index (χ2v) is 28.8. The molecule has 0 radical (unpaired) electrons. The molecule has 1 heterocycles. The molecule has 0 N–H and O–H groups in total. The van der Waals surface area contributed by atoms with Crippen molar-refractivity contribution in [2.75, 3.05) is 0 Å². The van der Waals surface area contributed by atoms with E-state index in [1.807, 2.05) is 0 Å². The van der Waals surface area contributed by atoms with Crippen LogP contribution in [0, 0.1) is 0 Å². The number of allylic oxidation sites excluding steroid dienone is 1. The van der Waals surface area contributed by atoms with Crippen molar-refractivity contribution in [2.45, 2.75) is 69.8 Å². The van der Waals surface area contributed by atoms with Crippen LogP contribution in [0.2, 0.25) is 0 Å². The number of fused-ring (bicyclic) bond motifs is 4. The number of hydrogen-bond acceptors (Lipinski definition) is 0. The molecule has 1 unspecified atom stereocenters. The van der Waals surface area contributed by atoms with Gasteiger partial charge in [0, 0.05) is 0 Å². The summed E-state index contributed by atoms with van der Waals surface area (Å²) in [7, 11) is 15.0. The van der Waals surface area contributed by atoms with Crippen LogP contribution < -0.4 is 13.6 Å². The van der Waals surface area contributed by atoms with E-state index >= 15 is 0 Å². The third-order valence-electron chi connectivity index (χ3n) is 9.24. The van der Waals surface area contributed by atoms with Crippen LogP contribution in [0.5, 0.6) is 0 Å². The maximum absolute atomic E-state index is 7.81. The summed E-state index contributed by atoms with van der Waals surface area (Å²) in [5, 5.41) is 3.00. The van der Waals surface area contributed by atoms with Crippen molar-refractivity contribution < 1.29 is 17.9 Å². The SMILES string of the molecule is CC1=Cc2c(ccc(C(C)C)c2-c2cc(C(C)C)cc(C(C)C)c2)[CH]1[Zr]([Cl])([Cl])[c]1cccc2c1[SiH2]c1ccccc1-2. The fourth-order valence-corrected chi connectivity index (χ4v) is 24.2. The van der Waals surface area contributed by atoms with E-state index in [-0.39, 0.29) is 3.63 Å². The summed E-state index contributed by atoms with van der Waals surface area (Å²) in [5.74, 6) is 1.36. The van der Waals surface area contributed by atoms with Crippen molar-refractivity contribution in [1.82, 2.24) is 0 Å². The Labute approximate surface area is 260 Å². The van der Waals surface area contributed by atoms with E-state index in [9.17, 15) is 0 Å². The van der Waals surface area contributed by atoms with Gasteiger partial charge in [-0.2, -0.15) is 0 Å². The second-order valence-electron chi connectivity index (χ2n) is 13.0. The fourth-order valence-electron chi connectivity index (χ4n) is 7.01. The zero-order chi connectivity index (χ0) is 29.2. The molecule has 0 amide bonds. The Morgan fingerprint density at radius 1 is 0.732 bits per heavy atom. The molecule has 2 aliphatic rings. The Kier molecular flexibility index (Phi) is 7.95. The van der Waals surface area contributed by atoms with Gasteiger partial charge in [0.2, 0.25) is 0 Å². The molecular weight excluding hydrogens is 635 g/mol. The first-order valence-corrected chi connectivity index (χ1v) is 25.5. The minimum atomic E-state index is -3.95. The number of halogens is 2. The molecule has 0 nitrogen and oxygen atoms in total. The first kappa shape index (κ1) is 29.4. The third-order valence-corrected chi connectivity index (χ3v) is 23.8. The van der Waals surface area contributed by atoms with Crippen LogP contribution in [-0.2, 0) is 17.9 Å². The summed E-state index contributed by atoms with van der Waals surface area (Å²) in [5.41, 5.74) is 13.7. The molecule has 0 aromatic heterocycles. The number of benzene rings is 4. The molecule has 41 heavy (non-hydrogen) atoms. The summed E-state index contributed by atoms with van der Waals surface area (Å²) in [4.78, 5) is 0. The monoisotopic (exact) mass is 672 g/mol. The van der Waals surface area contributed by atoms with Gasteiger partial charge in [0.25, 0.3) is 0 Å². The predicted octanol–water partition coefficient (Wildman–Crippen LogP) is 9.07. The van der Waals surface area contributed by atoms with Crippen molar-refractivity contribution in [1.29, 1.82) is 0 Å². The standard InChI is InChI=1S/C25H31.C12H9Si.2ClH.Zr/c1-15(2)20-12-21(16(3)4)14-22(13-20)25-23(17(5)6)9-8-19-10-18(7)11-24(19)25;1-3-7-11-9(5-1)10-6-2-4-8-12(10)13-11;;;/h8-17H,1-7H3;1-7H,13H2;2*1H;/q;;;;+2/p-2. The Morgan fingerprint density at radius 3 is 2.05 bits per heavy atom. The Bertz CT molecular complexity index is 1670. The van der Waals surface area contributed by atoms with E-state index in [0.29, 0.717) is 17.8 Å². The number of rotatable bonds is 6. The fraction of sp³-hybridized carbons (Fsp3) is 0.297. The van der Waals surface area contributed by atoms with Crippen LogP contribution >= 0.6 is 17.0 Å². The van der Waals surface area contributed by atoms with Gasteiger partial charge in [-0.1, -0.05) is 0 Å². The van der Waals surface area contributed by atoms with Gasteiger partial charge < -0.3 is 0 Å². The van der Waals surface area contributed by atoms with E-state index in [1.165, 1.54) is 69.3 Å². The van der Waals surface area contributed by atoms with Gasteiger partial charge in [0.1, 0.15) is 0 Å². The number of hydrogen-bond donors (Lipinski definition) is 0. The molecule has 0 saturated heterocycles. The first-order valence-electron chi connectivity index (χ1n) is 15.1. The van der Waals surface area contributed by atoms with Crippen molar-refractivity contribution >= 4 is 46.3 Å². The van der Waals surface area contributed by atoms with E-state index in [2.05, 4.69) is 127 Å². The van der Waals surface area contributed by atoms with Crippen molar-refractivity contribution in [3.05, 3.63) is 106 Å². The van der Waals surface area contributed by atoms with E-state index in [0.717, 1.165) is 0 Å². The molecule has 1 atom stereocenters. The second kappa shape index (κ2) is 11.1. The van der Waals surface area contributed by atoms with Gasteiger partial charge in [-0.3, -0.25) is 0 Å². The molecule has 210 valence electrons. The van der Waals surface area contributed by atoms with Crippen molar-refractivity contribution in [2.24, 2.45) is 0 Å². The van der Waals surface area contributed by atoms with Crippen LogP contribution in [0.1, 0.15) is 97.7 Å². The molecule has 0 saturated carbocycles. The maximum atomic E-state index is 7.81. The molecule has 1 aliphatic heterocycles. The zero-order valence-electron chi connectivity index (χ0n) is 25.3. The Hall–Kier alpha value is -1.70. The summed E-state index contributed by atoms with van der Waals surface area (Å²) < 4.78 is 1.40. The molecule has 4 aromatic carbocycles. The normalized spacial score (nSPS) is 16.5. The van der Waals surface area contributed by atoms with Gasteiger partial charge in [-0.05, 0) is 0 Å². The van der Waals surface area contributed by atoms with Gasteiger partial charge >= 0.3 is 262 Å². The topological polar surface area (TPSA) is 0 Å². The van der Waals surface area contributed by atoms with Crippen LogP contribution in [0.15, 0.2) is 78.4 Å². The minimum absolute atomic E-state index is 0.102. The van der Waals surface area contributed by atoms with Gasteiger partial charge in [-0.25, -0.2) is 0 Å². The molecule has 4 aromatic rings. The summed E-state index contributed by atoms with van der Waals surface area (Å²) in [6, 6.07) is 27.6. The molecule has 0 bridgehead atoms. The molecular formula is C37H40Cl2SiZr. The Morgan fingerprint density at radius 2 is 1.39 bits per heavy atom. The summed E-state index contributed by atoms with van der Waals surface area (Å²) >= 11 is -3.95. The molecule has 1 aliphatic carbocycles. The third kappa shape index (κ3) is 5.02. The van der Waals surface area contributed by atoms with Crippen molar-refractivity contribution in [3.8, 4) is 22.3 Å². The van der Waals surface area contributed by atoms with E-state index in [1.54, 1.807) is 0 Å². The van der Waals surface area contributed by atoms with Crippen LogP contribution in [0.3, 0.4) is 0 Å². The predicted molar refractivity (Wildman–Crippen MR) is 182 cm³/mol. The van der Waals surface area contributed by atoms with Gasteiger partial charge in [0.05, 0.1) is 0 Å².